The lowest BCUT2D eigenvalue weighted by atomic mass is 9.74. The van der Waals surface area contributed by atoms with Crippen molar-refractivity contribution < 1.29 is 35.4 Å². The molecular formula is C19H37NO7. The van der Waals surface area contributed by atoms with Crippen LogP contribution in [-0.4, -0.2) is 79.2 Å². The second-order valence-electron chi connectivity index (χ2n) is 7.62. The van der Waals surface area contributed by atoms with Gasteiger partial charge in [0.1, 0.15) is 30.5 Å². The monoisotopic (exact) mass is 391 g/mol. The molecule has 6 atom stereocenters. The Hall–Kier alpha value is -0.770. The van der Waals surface area contributed by atoms with Crippen molar-refractivity contribution in [1.82, 2.24) is 5.32 Å². The largest absolute Gasteiger partial charge is 0.387 e. The van der Waals surface area contributed by atoms with E-state index >= 15 is 0 Å². The average molecular weight is 392 g/mol. The molecule has 1 aliphatic rings. The fourth-order valence-electron chi connectivity index (χ4n) is 3.50. The first-order chi connectivity index (χ1) is 12.8. The molecule has 0 radical (unpaired) electrons. The third-order valence-electron chi connectivity index (χ3n) is 5.43. The van der Waals surface area contributed by atoms with Crippen LogP contribution in [0.3, 0.4) is 0 Å². The van der Waals surface area contributed by atoms with E-state index in [9.17, 15) is 35.4 Å². The summed E-state index contributed by atoms with van der Waals surface area (Å²) >= 11 is 0. The molecule has 0 aliphatic heterocycles. The molecule has 27 heavy (non-hydrogen) atoms. The van der Waals surface area contributed by atoms with Crippen LogP contribution in [0.2, 0.25) is 0 Å². The highest BCUT2D eigenvalue weighted by Gasteiger charge is 2.61. The number of nitrogens with one attached hydrogen (secondary N) is 1. The van der Waals surface area contributed by atoms with E-state index in [1.54, 1.807) is 0 Å². The van der Waals surface area contributed by atoms with E-state index in [0.717, 1.165) is 19.3 Å². The smallest absolute Gasteiger partial charge is 0.257 e. The molecule has 0 aromatic carbocycles. The highest BCUT2D eigenvalue weighted by atomic mass is 16.4. The van der Waals surface area contributed by atoms with Crippen molar-refractivity contribution in [2.24, 2.45) is 0 Å². The Balaban J connectivity index is 2.26. The fraction of sp³-hybridized carbons (Fsp3) is 0.947. The predicted octanol–water partition coefficient (Wildman–Crippen LogP) is -0.427. The molecule has 1 saturated carbocycles. The van der Waals surface area contributed by atoms with Crippen LogP contribution < -0.4 is 5.32 Å². The Morgan fingerprint density at radius 3 is 1.59 bits per heavy atom. The predicted molar refractivity (Wildman–Crippen MR) is 99.8 cm³/mol. The van der Waals surface area contributed by atoms with E-state index in [0.29, 0.717) is 6.42 Å². The van der Waals surface area contributed by atoms with Gasteiger partial charge in [0, 0.05) is 6.54 Å². The summed E-state index contributed by atoms with van der Waals surface area (Å²) in [6.45, 7) is 2.44. The van der Waals surface area contributed by atoms with Gasteiger partial charge in [-0.05, 0) is 6.42 Å². The molecule has 1 rings (SSSR count). The lowest BCUT2D eigenvalue weighted by Gasteiger charge is -2.46. The van der Waals surface area contributed by atoms with Gasteiger partial charge in [-0.3, -0.25) is 4.79 Å². The average Bonchev–Trinajstić information content (AvgIpc) is 2.67. The van der Waals surface area contributed by atoms with Gasteiger partial charge in [-0.1, -0.05) is 64.7 Å². The molecular weight excluding hydrogens is 354 g/mol. The molecule has 1 amide bonds. The van der Waals surface area contributed by atoms with Gasteiger partial charge in [0.05, 0.1) is 0 Å². The van der Waals surface area contributed by atoms with Gasteiger partial charge in [-0.25, -0.2) is 0 Å². The van der Waals surface area contributed by atoms with Crippen molar-refractivity contribution in [3.8, 4) is 0 Å². The summed E-state index contributed by atoms with van der Waals surface area (Å²) in [6, 6.07) is 0. The Labute approximate surface area is 161 Å². The van der Waals surface area contributed by atoms with Gasteiger partial charge in [-0.15, -0.1) is 0 Å². The summed E-state index contributed by atoms with van der Waals surface area (Å²) in [6.07, 6.45) is 1.34. The summed E-state index contributed by atoms with van der Waals surface area (Å²) in [5.74, 6) is -1.08. The van der Waals surface area contributed by atoms with Gasteiger partial charge in [0.15, 0.2) is 5.60 Å². The zero-order valence-electron chi connectivity index (χ0n) is 16.3. The summed E-state index contributed by atoms with van der Waals surface area (Å²) in [7, 11) is 0. The van der Waals surface area contributed by atoms with Crippen LogP contribution in [0.4, 0.5) is 0 Å². The van der Waals surface area contributed by atoms with Crippen LogP contribution in [0.15, 0.2) is 0 Å². The van der Waals surface area contributed by atoms with Crippen LogP contribution in [0.1, 0.15) is 71.1 Å². The SMILES string of the molecule is CCCCCCCCCCCCNC(=O)C1(O)[C@H](O)[C@@H](O)C(O)[C@H](O)[C@@H]1O. The molecule has 8 heteroatoms. The first-order valence-corrected chi connectivity index (χ1v) is 10.2. The minimum absolute atomic E-state index is 0.242. The minimum Gasteiger partial charge on any atom is -0.387 e. The van der Waals surface area contributed by atoms with Crippen molar-refractivity contribution in [2.45, 2.75) is 107 Å². The highest BCUT2D eigenvalue weighted by molar-refractivity contribution is 5.87. The molecule has 0 aromatic heterocycles. The summed E-state index contributed by atoms with van der Waals surface area (Å²) in [5, 5.41) is 61.4. The van der Waals surface area contributed by atoms with Crippen LogP contribution >= 0.6 is 0 Å². The lowest BCUT2D eigenvalue weighted by Crippen LogP contribution is -2.75. The minimum atomic E-state index is -2.78. The van der Waals surface area contributed by atoms with Crippen molar-refractivity contribution >= 4 is 5.91 Å². The maximum atomic E-state index is 12.2. The Morgan fingerprint density at radius 1 is 0.741 bits per heavy atom. The first kappa shape index (κ1) is 24.3. The Bertz CT molecular complexity index is 418. The topological polar surface area (TPSA) is 150 Å². The van der Waals surface area contributed by atoms with E-state index in [2.05, 4.69) is 12.2 Å². The molecule has 160 valence electrons. The number of aliphatic hydroxyl groups excluding tert-OH is 5. The summed E-state index contributed by atoms with van der Waals surface area (Å²) in [5.41, 5.74) is -2.78. The van der Waals surface area contributed by atoms with Crippen molar-refractivity contribution in [3.05, 3.63) is 0 Å². The third kappa shape index (κ3) is 6.37. The number of rotatable bonds is 12. The maximum Gasteiger partial charge on any atom is 0.257 e. The van der Waals surface area contributed by atoms with Gasteiger partial charge >= 0.3 is 0 Å². The van der Waals surface area contributed by atoms with Gasteiger partial charge in [-0.2, -0.15) is 0 Å². The zero-order chi connectivity index (χ0) is 20.4. The molecule has 1 fully saturated rings. The summed E-state index contributed by atoms with van der Waals surface area (Å²) < 4.78 is 0. The van der Waals surface area contributed by atoms with Crippen molar-refractivity contribution in [3.63, 3.8) is 0 Å². The lowest BCUT2D eigenvalue weighted by molar-refractivity contribution is -0.260. The second-order valence-corrected chi connectivity index (χ2v) is 7.62. The number of hydrogen-bond acceptors (Lipinski definition) is 7. The molecule has 8 nitrogen and oxygen atoms in total. The first-order valence-electron chi connectivity index (χ1n) is 10.2. The number of carbonyl (C=O) groups excluding carboxylic acids is 1. The van der Waals surface area contributed by atoms with E-state index in [1.807, 2.05) is 0 Å². The Kier molecular flexibility index (Phi) is 10.7. The number of hydrogen-bond donors (Lipinski definition) is 7. The molecule has 0 spiro atoms. The maximum absolute atomic E-state index is 12.2. The van der Waals surface area contributed by atoms with E-state index < -0.39 is 42.0 Å². The normalized spacial score (nSPS) is 33.8. The molecule has 0 bridgehead atoms. The molecule has 1 aliphatic carbocycles. The summed E-state index contributed by atoms with van der Waals surface area (Å²) in [4.78, 5) is 12.2. The van der Waals surface area contributed by atoms with E-state index in [-0.39, 0.29) is 6.54 Å². The van der Waals surface area contributed by atoms with Crippen LogP contribution in [0, 0.1) is 0 Å². The highest BCUT2D eigenvalue weighted by Crippen LogP contribution is 2.30. The van der Waals surface area contributed by atoms with Crippen LogP contribution in [0.25, 0.3) is 0 Å². The number of amides is 1. The number of carbonyl (C=O) groups is 1. The molecule has 0 saturated heterocycles. The van der Waals surface area contributed by atoms with Gasteiger partial charge < -0.3 is 36.0 Å². The Morgan fingerprint density at radius 2 is 1.15 bits per heavy atom. The van der Waals surface area contributed by atoms with Gasteiger partial charge in [0.25, 0.3) is 5.91 Å². The van der Waals surface area contributed by atoms with Crippen molar-refractivity contribution in [2.75, 3.05) is 6.54 Å². The molecule has 7 N–H and O–H groups in total. The van der Waals surface area contributed by atoms with Crippen LogP contribution in [0.5, 0.6) is 0 Å². The quantitative estimate of drug-likeness (QED) is 0.223. The zero-order valence-corrected chi connectivity index (χ0v) is 16.3. The molecule has 0 aromatic rings. The van der Waals surface area contributed by atoms with Crippen molar-refractivity contribution in [1.29, 1.82) is 0 Å². The van der Waals surface area contributed by atoms with Gasteiger partial charge in [0.2, 0.25) is 0 Å². The molecule has 2 unspecified atom stereocenters. The second kappa shape index (κ2) is 11.9. The van der Waals surface area contributed by atoms with E-state index in [4.69, 9.17) is 0 Å². The number of unbranched alkanes of at least 4 members (excludes halogenated alkanes) is 9. The molecule has 0 heterocycles. The van der Waals surface area contributed by atoms with Crippen LogP contribution in [-0.2, 0) is 4.79 Å². The third-order valence-corrected chi connectivity index (χ3v) is 5.43. The van der Waals surface area contributed by atoms with E-state index in [1.165, 1.54) is 38.5 Å². The fourth-order valence-corrected chi connectivity index (χ4v) is 3.50. The number of aliphatic hydroxyl groups is 6. The standard InChI is InChI=1S/C19H37NO7/c1-2-3-4-5-6-7-8-9-10-11-12-20-18(26)19(27)16(24)14(22)13(21)15(23)17(19)25/h13-17,21-25,27H,2-12H2,1H3,(H,20,26)/t13?,14-,15-,16-,17+,19?/m0/s1.